The van der Waals surface area contributed by atoms with Gasteiger partial charge in [-0.05, 0) is 42.0 Å². The van der Waals surface area contributed by atoms with Crippen molar-refractivity contribution < 1.29 is 0 Å². The zero-order valence-corrected chi connectivity index (χ0v) is 11.9. The lowest BCUT2D eigenvalue weighted by Crippen LogP contribution is -2.01. The van der Waals surface area contributed by atoms with Crippen molar-refractivity contribution in [1.82, 2.24) is 9.55 Å². The summed E-state index contributed by atoms with van der Waals surface area (Å²) in [5, 5.41) is 2.09. The van der Waals surface area contributed by atoms with Crippen molar-refractivity contribution >= 4 is 11.3 Å². The highest BCUT2D eigenvalue weighted by atomic mass is 32.1. The minimum absolute atomic E-state index is 0.869. The summed E-state index contributed by atoms with van der Waals surface area (Å²) in [6, 6.07) is 10.8. The van der Waals surface area contributed by atoms with Gasteiger partial charge in [0, 0.05) is 18.9 Å². The summed E-state index contributed by atoms with van der Waals surface area (Å²) < 4.78 is 2.20. The molecule has 0 aliphatic carbocycles. The molecule has 2 nitrogen and oxygen atoms in total. The van der Waals surface area contributed by atoms with Crippen LogP contribution in [0.15, 0.2) is 48.1 Å². The molecule has 0 fully saturated rings. The molecule has 2 aromatic heterocycles. The highest BCUT2D eigenvalue weighted by Crippen LogP contribution is 2.23. The number of aromatic nitrogens is 2. The van der Waals surface area contributed by atoms with Crippen LogP contribution >= 0.6 is 11.3 Å². The minimum Gasteiger partial charge on any atom is -0.326 e. The van der Waals surface area contributed by atoms with Crippen molar-refractivity contribution in [2.24, 2.45) is 0 Å². The van der Waals surface area contributed by atoms with E-state index in [9.17, 15) is 0 Å². The van der Waals surface area contributed by atoms with Gasteiger partial charge in [-0.25, -0.2) is 4.98 Å². The minimum atomic E-state index is 0.869. The molecule has 2 heterocycles. The molecule has 0 N–H and O–H groups in total. The van der Waals surface area contributed by atoms with Crippen molar-refractivity contribution in [2.75, 3.05) is 0 Å². The first-order chi connectivity index (χ1) is 9.24. The topological polar surface area (TPSA) is 17.8 Å². The number of thiophene rings is 1. The van der Waals surface area contributed by atoms with Crippen LogP contribution < -0.4 is 0 Å². The molecule has 0 aliphatic heterocycles. The lowest BCUT2D eigenvalue weighted by Gasteiger charge is -2.08. The molecule has 0 saturated carbocycles. The van der Waals surface area contributed by atoms with Gasteiger partial charge in [-0.3, -0.25) is 0 Å². The molecule has 0 unspecified atom stereocenters. The Kier molecular flexibility index (Phi) is 3.22. The van der Waals surface area contributed by atoms with Crippen LogP contribution in [-0.2, 0) is 6.54 Å². The Morgan fingerprint density at radius 2 is 2.05 bits per heavy atom. The van der Waals surface area contributed by atoms with Crippen molar-refractivity contribution in [3.63, 3.8) is 0 Å². The van der Waals surface area contributed by atoms with Crippen LogP contribution in [0.3, 0.4) is 0 Å². The molecule has 0 bridgehead atoms. The Labute approximate surface area is 117 Å². The second-order valence-corrected chi connectivity index (χ2v) is 5.72. The normalized spacial score (nSPS) is 10.8. The van der Waals surface area contributed by atoms with Gasteiger partial charge in [0.1, 0.15) is 5.82 Å². The molecule has 0 aliphatic rings. The van der Waals surface area contributed by atoms with Crippen LogP contribution in [0.5, 0.6) is 0 Å². The third-order valence-electron chi connectivity index (χ3n) is 3.38. The third kappa shape index (κ3) is 2.47. The summed E-state index contributed by atoms with van der Waals surface area (Å²) in [6.45, 7) is 5.18. The predicted molar refractivity (Wildman–Crippen MR) is 80.6 cm³/mol. The van der Waals surface area contributed by atoms with Crippen LogP contribution in [0.1, 0.15) is 16.7 Å². The van der Waals surface area contributed by atoms with E-state index in [2.05, 4.69) is 59.1 Å². The summed E-state index contributed by atoms with van der Waals surface area (Å²) >= 11 is 1.73. The summed E-state index contributed by atoms with van der Waals surface area (Å²) in [5.74, 6) is 1.05. The monoisotopic (exact) mass is 268 g/mol. The smallest absolute Gasteiger partial charge is 0.150 e. The molecule has 3 rings (SSSR count). The zero-order valence-electron chi connectivity index (χ0n) is 11.1. The number of rotatable bonds is 3. The summed E-state index contributed by atoms with van der Waals surface area (Å²) in [4.78, 5) is 5.68. The summed E-state index contributed by atoms with van der Waals surface area (Å²) in [7, 11) is 0. The quantitative estimate of drug-likeness (QED) is 0.693. The van der Waals surface area contributed by atoms with E-state index in [1.807, 2.05) is 12.4 Å². The second kappa shape index (κ2) is 5.02. The van der Waals surface area contributed by atoms with E-state index in [1.165, 1.54) is 21.6 Å². The SMILES string of the molecule is Cc1ccc(Cn2ccnc2-c2cccs2)cc1C. The molecule has 1 aromatic carbocycles. The van der Waals surface area contributed by atoms with Gasteiger partial charge < -0.3 is 4.57 Å². The van der Waals surface area contributed by atoms with E-state index in [1.54, 1.807) is 11.3 Å². The first-order valence-corrected chi connectivity index (χ1v) is 7.23. The maximum atomic E-state index is 4.47. The van der Waals surface area contributed by atoms with Crippen molar-refractivity contribution in [3.05, 3.63) is 64.8 Å². The van der Waals surface area contributed by atoms with E-state index in [0.717, 1.165) is 12.4 Å². The van der Waals surface area contributed by atoms with Crippen LogP contribution in [-0.4, -0.2) is 9.55 Å². The van der Waals surface area contributed by atoms with E-state index in [0.29, 0.717) is 0 Å². The van der Waals surface area contributed by atoms with E-state index in [-0.39, 0.29) is 0 Å². The average molecular weight is 268 g/mol. The maximum Gasteiger partial charge on any atom is 0.150 e. The van der Waals surface area contributed by atoms with Crippen molar-refractivity contribution in [2.45, 2.75) is 20.4 Å². The average Bonchev–Trinajstić information content (AvgIpc) is 3.04. The summed E-state index contributed by atoms with van der Waals surface area (Å²) in [5.41, 5.74) is 4.00. The van der Waals surface area contributed by atoms with Gasteiger partial charge in [0.2, 0.25) is 0 Å². The van der Waals surface area contributed by atoms with E-state index < -0.39 is 0 Å². The molecule has 96 valence electrons. The molecule has 3 heteroatoms. The molecule has 0 radical (unpaired) electrons. The highest BCUT2D eigenvalue weighted by Gasteiger charge is 2.07. The van der Waals surface area contributed by atoms with Gasteiger partial charge in [-0.2, -0.15) is 0 Å². The maximum absolute atomic E-state index is 4.47. The Balaban J connectivity index is 1.92. The first kappa shape index (κ1) is 12.2. The molecule has 0 spiro atoms. The second-order valence-electron chi connectivity index (χ2n) is 4.77. The number of aryl methyl sites for hydroxylation is 2. The molecule has 0 amide bonds. The van der Waals surface area contributed by atoms with Gasteiger partial charge in [0.15, 0.2) is 0 Å². The first-order valence-electron chi connectivity index (χ1n) is 6.35. The highest BCUT2D eigenvalue weighted by molar-refractivity contribution is 7.13. The van der Waals surface area contributed by atoms with Gasteiger partial charge in [-0.15, -0.1) is 11.3 Å². The molecule has 3 aromatic rings. The third-order valence-corrected chi connectivity index (χ3v) is 4.25. The lowest BCUT2D eigenvalue weighted by atomic mass is 10.1. The van der Waals surface area contributed by atoms with Gasteiger partial charge >= 0.3 is 0 Å². The number of imidazole rings is 1. The van der Waals surface area contributed by atoms with Crippen LogP contribution in [0, 0.1) is 13.8 Å². The van der Waals surface area contributed by atoms with Gasteiger partial charge in [0.05, 0.1) is 4.88 Å². The fraction of sp³-hybridized carbons (Fsp3) is 0.188. The van der Waals surface area contributed by atoms with Gasteiger partial charge in [0.25, 0.3) is 0 Å². The van der Waals surface area contributed by atoms with Crippen LogP contribution in [0.25, 0.3) is 10.7 Å². The Morgan fingerprint density at radius 3 is 2.79 bits per heavy atom. The van der Waals surface area contributed by atoms with Crippen molar-refractivity contribution in [3.8, 4) is 10.7 Å². The molecule has 0 atom stereocenters. The standard InChI is InChI=1S/C16H16N2S/c1-12-5-6-14(10-13(12)2)11-18-8-7-17-16(18)15-4-3-9-19-15/h3-10H,11H2,1-2H3. The predicted octanol–water partition coefficient (Wildman–Crippen LogP) is 4.28. The van der Waals surface area contributed by atoms with Gasteiger partial charge in [-0.1, -0.05) is 24.3 Å². The zero-order chi connectivity index (χ0) is 13.2. The largest absolute Gasteiger partial charge is 0.326 e. The molecular weight excluding hydrogens is 252 g/mol. The molecule has 0 saturated heterocycles. The number of hydrogen-bond acceptors (Lipinski definition) is 2. The fourth-order valence-electron chi connectivity index (χ4n) is 2.17. The van der Waals surface area contributed by atoms with Crippen LogP contribution in [0.2, 0.25) is 0 Å². The Bertz CT molecular complexity index is 681. The van der Waals surface area contributed by atoms with E-state index >= 15 is 0 Å². The van der Waals surface area contributed by atoms with Crippen LogP contribution in [0.4, 0.5) is 0 Å². The Morgan fingerprint density at radius 1 is 1.16 bits per heavy atom. The summed E-state index contributed by atoms with van der Waals surface area (Å²) in [6.07, 6.45) is 3.92. The fourth-order valence-corrected chi connectivity index (χ4v) is 2.90. The number of nitrogens with zero attached hydrogens (tertiary/aromatic N) is 2. The van der Waals surface area contributed by atoms with E-state index in [4.69, 9.17) is 0 Å². The number of hydrogen-bond donors (Lipinski definition) is 0. The van der Waals surface area contributed by atoms with Crippen molar-refractivity contribution in [1.29, 1.82) is 0 Å². The Hall–Kier alpha value is -1.87. The number of benzene rings is 1. The lowest BCUT2D eigenvalue weighted by molar-refractivity contribution is 0.807. The molecular formula is C16H16N2S. The molecule has 19 heavy (non-hydrogen) atoms.